The Kier molecular flexibility index (Phi) is 4.65. The van der Waals surface area contributed by atoms with Gasteiger partial charge in [0.1, 0.15) is 18.2 Å². The Morgan fingerprint density at radius 2 is 1.89 bits per heavy atom. The molecule has 0 spiro atoms. The van der Waals surface area contributed by atoms with Gasteiger partial charge in [-0.1, -0.05) is 12.1 Å². The predicted molar refractivity (Wildman–Crippen MR) is 104 cm³/mol. The highest BCUT2D eigenvalue weighted by Crippen LogP contribution is 2.34. The smallest absolute Gasteiger partial charge is 0.225 e. The van der Waals surface area contributed by atoms with E-state index in [-0.39, 0.29) is 12.4 Å². The number of nitriles is 1. The van der Waals surface area contributed by atoms with Gasteiger partial charge in [-0.05, 0) is 54.4 Å². The van der Waals surface area contributed by atoms with Gasteiger partial charge in [-0.2, -0.15) is 5.26 Å². The van der Waals surface area contributed by atoms with Crippen molar-refractivity contribution >= 4 is 10.9 Å². The van der Waals surface area contributed by atoms with E-state index in [2.05, 4.69) is 15.0 Å². The molecule has 2 heterocycles. The number of rotatable bonds is 4. The predicted octanol–water partition coefficient (Wildman–Crippen LogP) is 4.71. The summed E-state index contributed by atoms with van der Waals surface area (Å²) < 4.78 is 19.1. The van der Waals surface area contributed by atoms with E-state index in [0.717, 1.165) is 27.9 Å². The second kappa shape index (κ2) is 7.41. The van der Waals surface area contributed by atoms with E-state index in [0.29, 0.717) is 16.8 Å². The average Bonchev–Trinajstić information content (AvgIpc) is 2.74. The van der Waals surface area contributed by atoms with Crippen LogP contribution in [-0.2, 0) is 0 Å². The third-order valence-corrected chi connectivity index (χ3v) is 4.42. The first-order valence-corrected chi connectivity index (χ1v) is 8.64. The van der Waals surface area contributed by atoms with Crippen molar-refractivity contribution in [1.29, 1.82) is 5.26 Å². The number of fused-ring (bicyclic) bond motifs is 1. The topological polar surface area (TPSA) is 71.7 Å². The van der Waals surface area contributed by atoms with Crippen LogP contribution in [0, 0.1) is 24.1 Å². The van der Waals surface area contributed by atoms with Crippen molar-refractivity contribution in [3.8, 4) is 34.3 Å². The second-order valence-electron chi connectivity index (χ2n) is 6.22. The summed E-state index contributed by atoms with van der Waals surface area (Å²) in [6, 6.07) is 16.4. The van der Waals surface area contributed by atoms with Gasteiger partial charge in [0.15, 0.2) is 6.61 Å². The maximum Gasteiger partial charge on any atom is 0.225 e. The summed E-state index contributed by atoms with van der Waals surface area (Å²) in [6.45, 7) is 1.64. The quantitative estimate of drug-likeness (QED) is 0.520. The molecule has 4 aromatic rings. The summed E-state index contributed by atoms with van der Waals surface area (Å²) in [5, 5.41) is 9.49. The van der Waals surface area contributed by atoms with Gasteiger partial charge >= 0.3 is 0 Å². The maximum absolute atomic E-state index is 13.7. The van der Waals surface area contributed by atoms with Gasteiger partial charge in [-0.25, -0.2) is 14.4 Å². The number of benzene rings is 2. The first kappa shape index (κ1) is 17.6. The van der Waals surface area contributed by atoms with E-state index in [9.17, 15) is 4.39 Å². The molecule has 0 saturated carbocycles. The fraction of sp³-hybridized carbons (Fsp3) is 0.0909. The molecule has 5 nitrogen and oxygen atoms in total. The standard InChI is InChI=1S/C22H15FN4O/c1-14-11-16(4-6-19(14)23)21-17(3-2-9-25-21)15-5-7-20-18(12-15)22(27-13-26-20)28-10-8-24/h2-7,9,11-13H,10H2,1H3. The SMILES string of the molecule is Cc1cc(-c2ncccc2-c2ccc3ncnc(OCC#N)c3c2)ccc1F. The lowest BCUT2D eigenvalue weighted by Gasteiger charge is -2.11. The van der Waals surface area contributed by atoms with E-state index in [1.807, 2.05) is 36.4 Å². The molecular weight excluding hydrogens is 355 g/mol. The molecule has 28 heavy (non-hydrogen) atoms. The number of hydrogen-bond acceptors (Lipinski definition) is 5. The first-order chi connectivity index (χ1) is 13.7. The maximum atomic E-state index is 13.7. The lowest BCUT2D eigenvalue weighted by atomic mass is 9.97. The van der Waals surface area contributed by atoms with Gasteiger partial charge in [-0.3, -0.25) is 4.98 Å². The molecule has 4 rings (SSSR count). The zero-order chi connectivity index (χ0) is 19.5. The molecule has 0 fully saturated rings. The van der Waals surface area contributed by atoms with E-state index in [1.165, 1.54) is 12.4 Å². The van der Waals surface area contributed by atoms with Crippen LogP contribution < -0.4 is 4.74 Å². The lowest BCUT2D eigenvalue weighted by Crippen LogP contribution is -1.98. The molecule has 6 heteroatoms. The average molecular weight is 370 g/mol. The van der Waals surface area contributed by atoms with Crippen LogP contribution in [0.1, 0.15) is 5.56 Å². The molecule has 2 aromatic carbocycles. The van der Waals surface area contributed by atoms with E-state index in [1.54, 1.807) is 25.3 Å². The van der Waals surface area contributed by atoms with E-state index < -0.39 is 0 Å². The second-order valence-corrected chi connectivity index (χ2v) is 6.22. The molecule has 136 valence electrons. The number of pyridine rings is 1. The summed E-state index contributed by atoms with van der Waals surface area (Å²) in [4.78, 5) is 12.9. The van der Waals surface area contributed by atoms with Crippen molar-refractivity contribution in [2.75, 3.05) is 6.61 Å². The Bertz CT molecular complexity index is 1220. The Hall–Kier alpha value is -3.85. The molecule has 0 bridgehead atoms. The Balaban J connectivity index is 1.87. The molecule has 0 aliphatic carbocycles. The number of nitrogens with zero attached hydrogens (tertiary/aromatic N) is 4. The lowest BCUT2D eigenvalue weighted by molar-refractivity contribution is 0.358. The molecule has 0 saturated heterocycles. The van der Waals surface area contributed by atoms with Crippen LogP contribution in [0.5, 0.6) is 5.88 Å². The van der Waals surface area contributed by atoms with Gasteiger partial charge in [0, 0.05) is 17.3 Å². The van der Waals surface area contributed by atoms with Crippen molar-refractivity contribution in [2.45, 2.75) is 6.92 Å². The van der Waals surface area contributed by atoms with E-state index >= 15 is 0 Å². The zero-order valence-corrected chi connectivity index (χ0v) is 15.1. The normalized spacial score (nSPS) is 10.6. The molecule has 0 atom stereocenters. The summed E-state index contributed by atoms with van der Waals surface area (Å²) in [5.41, 5.74) is 4.66. The van der Waals surface area contributed by atoms with Crippen LogP contribution in [0.25, 0.3) is 33.3 Å². The summed E-state index contributed by atoms with van der Waals surface area (Å²) in [6.07, 6.45) is 3.12. The Labute approximate surface area is 161 Å². The minimum atomic E-state index is -0.247. The van der Waals surface area contributed by atoms with Crippen LogP contribution in [0.15, 0.2) is 61.1 Å². The molecule has 0 unspecified atom stereocenters. The third kappa shape index (κ3) is 3.26. The fourth-order valence-corrected chi connectivity index (χ4v) is 3.08. The minimum absolute atomic E-state index is 0.0939. The van der Waals surface area contributed by atoms with Gasteiger partial charge in [0.25, 0.3) is 0 Å². The minimum Gasteiger partial charge on any atom is -0.462 e. The number of halogens is 1. The number of hydrogen-bond donors (Lipinski definition) is 0. The number of aromatic nitrogens is 3. The largest absolute Gasteiger partial charge is 0.462 e. The summed E-state index contributed by atoms with van der Waals surface area (Å²) in [5.74, 6) is 0.111. The van der Waals surface area contributed by atoms with Crippen LogP contribution in [0.3, 0.4) is 0 Å². The Morgan fingerprint density at radius 3 is 2.71 bits per heavy atom. The first-order valence-electron chi connectivity index (χ1n) is 8.64. The van der Waals surface area contributed by atoms with Gasteiger partial charge in [-0.15, -0.1) is 0 Å². The van der Waals surface area contributed by atoms with Crippen molar-refractivity contribution < 1.29 is 9.13 Å². The highest BCUT2D eigenvalue weighted by Gasteiger charge is 2.12. The van der Waals surface area contributed by atoms with Crippen LogP contribution in [-0.4, -0.2) is 21.6 Å². The number of aryl methyl sites for hydroxylation is 1. The fourth-order valence-electron chi connectivity index (χ4n) is 3.08. The summed E-state index contributed by atoms with van der Waals surface area (Å²) in [7, 11) is 0. The molecule has 0 aliphatic rings. The zero-order valence-electron chi connectivity index (χ0n) is 15.1. The molecule has 0 N–H and O–H groups in total. The number of ether oxygens (including phenoxy) is 1. The van der Waals surface area contributed by atoms with E-state index in [4.69, 9.17) is 10.00 Å². The van der Waals surface area contributed by atoms with Crippen LogP contribution >= 0.6 is 0 Å². The monoisotopic (exact) mass is 370 g/mol. The van der Waals surface area contributed by atoms with Crippen molar-refractivity contribution in [1.82, 2.24) is 15.0 Å². The molecular formula is C22H15FN4O. The summed E-state index contributed by atoms with van der Waals surface area (Å²) >= 11 is 0. The molecule has 0 aliphatic heterocycles. The molecule has 2 aromatic heterocycles. The highest BCUT2D eigenvalue weighted by molar-refractivity contribution is 5.91. The van der Waals surface area contributed by atoms with Gasteiger partial charge in [0.05, 0.1) is 16.6 Å². The van der Waals surface area contributed by atoms with Crippen LogP contribution in [0.4, 0.5) is 4.39 Å². The van der Waals surface area contributed by atoms with Gasteiger partial charge < -0.3 is 4.74 Å². The third-order valence-electron chi connectivity index (χ3n) is 4.42. The van der Waals surface area contributed by atoms with Crippen molar-refractivity contribution in [2.24, 2.45) is 0 Å². The Morgan fingerprint density at radius 1 is 1.04 bits per heavy atom. The highest BCUT2D eigenvalue weighted by atomic mass is 19.1. The van der Waals surface area contributed by atoms with Gasteiger partial charge in [0.2, 0.25) is 5.88 Å². The van der Waals surface area contributed by atoms with Crippen molar-refractivity contribution in [3.05, 3.63) is 72.4 Å². The van der Waals surface area contributed by atoms with Crippen LogP contribution in [0.2, 0.25) is 0 Å². The van der Waals surface area contributed by atoms with Crippen molar-refractivity contribution in [3.63, 3.8) is 0 Å². The molecule has 0 amide bonds. The molecule has 0 radical (unpaired) electrons.